The number of carbonyl (C=O) groups excluding carboxylic acids is 1. The van der Waals surface area contributed by atoms with Gasteiger partial charge in [0.25, 0.3) is 0 Å². The van der Waals surface area contributed by atoms with Crippen LogP contribution >= 0.6 is 23.4 Å². The highest BCUT2D eigenvalue weighted by Crippen LogP contribution is 2.40. The molecule has 0 aliphatic rings. The van der Waals surface area contributed by atoms with Crippen LogP contribution in [0.2, 0.25) is 5.02 Å². The second kappa shape index (κ2) is 11.7. The fourth-order valence-corrected chi connectivity index (χ4v) is 5.49. The maximum absolute atomic E-state index is 13.7. The summed E-state index contributed by atoms with van der Waals surface area (Å²) in [6.07, 6.45) is -4.58. The largest absolute Gasteiger partial charge is 0.494 e. The molecule has 5 aromatic rings. The number of fused-ring (bicyclic) bond motifs is 1. The smallest absolute Gasteiger partial charge is 0.416 e. The average Bonchev–Trinajstić information content (AvgIpc) is 3.31. The van der Waals surface area contributed by atoms with Crippen LogP contribution in [-0.4, -0.2) is 22.1 Å². The predicted octanol–water partition coefficient (Wildman–Crippen LogP) is 8.57. The Balaban J connectivity index is 1.55. The Hall–Kier alpha value is -3.95. The number of nitrogens with one attached hydrogen (secondary N) is 1. The Morgan fingerprint density at radius 1 is 1.00 bits per heavy atom. The third-order valence-electron chi connectivity index (χ3n) is 6.05. The van der Waals surface area contributed by atoms with Gasteiger partial charge in [-0.3, -0.25) is 9.36 Å². The van der Waals surface area contributed by atoms with E-state index in [1.807, 2.05) is 66.1 Å². The molecule has 0 fully saturated rings. The number of benzene rings is 4. The number of hydrogen-bond donors (Lipinski definition) is 1. The quantitative estimate of drug-likeness (QED) is 0.186. The number of alkyl halides is 3. The highest BCUT2D eigenvalue weighted by atomic mass is 35.5. The van der Waals surface area contributed by atoms with E-state index in [0.29, 0.717) is 17.3 Å². The summed E-state index contributed by atoms with van der Waals surface area (Å²) < 4.78 is 47.6. The number of para-hydroxylation sites is 2. The third kappa shape index (κ3) is 5.95. The molecule has 1 N–H and O–H groups in total. The van der Waals surface area contributed by atoms with E-state index in [9.17, 15) is 18.0 Å². The molecule has 40 heavy (non-hydrogen) atoms. The minimum atomic E-state index is -4.58. The molecular formula is C30H23ClF3N3O2S. The lowest BCUT2D eigenvalue weighted by atomic mass is 10.1. The van der Waals surface area contributed by atoms with Gasteiger partial charge >= 0.3 is 6.18 Å². The summed E-state index contributed by atoms with van der Waals surface area (Å²) >= 11 is 7.37. The maximum Gasteiger partial charge on any atom is 0.416 e. The normalized spacial score (nSPS) is 12.3. The second-order valence-corrected chi connectivity index (χ2v) is 10.2. The molecule has 10 heteroatoms. The Morgan fingerprint density at radius 2 is 1.70 bits per heavy atom. The molecular weight excluding hydrogens is 559 g/mol. The van der Waals surface area contributed by atoms with Crippen LogP contribution in [-0.2, 0) is 11.0 Å². The summed E-state index contributed by atoms with van der Waals surface area (Å²) in [5.74, 6) is 0.187. The van der Waals surface area contributed by atoms with Gasteiger partial charge in [0.2, 0.25) is 5.91 Å². The SMILES string of the molecule is CCOc1ccc(-n2c(S[C@@H](C(=O)Nc3cc(C(F)(F)F)ccc3Cl)c3ccccc3)nc3ccccc32)cc1. The fourth-order valence-electron chi connectivity index (χ4n) is 4.19. The first-order valence-corrected chi connectivity index (χ1v) is 13.6. The van der Waals surface area contributed by atoms with Crippen LogP contribution in [0.5, 0.6) is 5.75 Å². The van der Waals surface area contributed by atoms with Crippen LogP contribution in [0.4, 0.5) is 18.9 Å². The molecule has 4 aromatic carbocycles. The van der Waals surface area contributed by atoms with Crippen LogP contribution in [0.15, 0.2) is 102 Å². The summed E-state index contributed by atoms with van der Waals surface area (Å²) in [5, 5.41) is 2.29. The molecule has 0 unspecified atom stereocenters. The number of amides is 1. The summed E-state index contributed by atoms with van der Waals surface area (Å²) in [6, 6.07) is 26.9. The molecule has 5 rings (SSSR count). The number of ether oxygens (including phenoxy) is 1. The van der Waals surface area contributed by atoms with Crippen molar-refractivity contribution in [2.24, 2.45) is 0 Å². The molecule has 1 heterocycles. The van der Waals surface area contributed by atoms with E-state index >= 15 is 0 Å². The predicted molar refractivity (Wildman–Crippen MR) is 152 cm³/mol. The Bertz CT molecular complexity index is 1640. The second-order valence-electron chi connectivity index (χ2n) is 8.74. The van der Waals surface area contributed by atoms with Crippen molar-refractivity contribution in [1.82, 2.24) is 9.55 Å². The first kappa shape index (κ1) is 27.6. The lowest BCUT2D eigenvalue weighted by Crippen LogP contribution is -2.20. The lowest BCUT2D eigenvalue weighted by molar-refractivity contribution is -0.137. The standard InChI is InChI=1S/C30H23ClF3N3O2S/c1-2-39-22-15-13-21(14-16-22)37-26-11-7-6-10-24(26)36-29(37)40-27(19-8-4-3-5-9-19)28(38)35-25-18-20(30(32,33)34)12-17-23(25)31/h3-18,27H,2H2,1H3,(H,35,38)/t27-/m1/s1. The number of anilines is 1. The monoisotopic (exact) mass is 581 g/mol. The summed E-state index contributed by atoms with van der Waals surface area (Å²) in [6.45, 7) is 2.45. The summed E-state index contributed by atoms with van der Waals surface area (Å²) in [7, 11) is 0. The number of aromatic nitrogens is 2. The van der Waals surface area contributed by atoms with Crippen molar-refractivity contribution in [3.63, 3.8) is 0 Å². The van der Waals surface area contributed by atoms with Crippen molar-refractivity contribution < 1.29 is 22.7 Å². The third-order valence-corrected chi connectivity index (χ3v) is 7.59. The van der Waals surface area contributed by atoms with Gasteiger partial charge in [-0.15, -0.1) is 0 Å². The molecule has 0 aliphatic heterocycles. The zero-order valence-electron chi connectivity index (χ0n) is 21.2. The van der Waals surface area contributed by atoms with Gasteiger partial charge < -0.3 is 10.1 Å². The molecule has 0 bridgehead atoms. The van der Waals surface area contributed by atoms with Crippen molar-refractivity contribution in [2.45, 2.75) is 23.5 Å². The van der Waals surface area contributed by atoms with Crippen LogP contribution < -0.4 is 10.1 Å². The molecule has 0 spiro atoms. The molecule has 0 saturated heterocycles. The highest BCUT2D eigenvalue weighted by Gasteiger charge is 2.32. The average molecular weight is 582 g/mol. The van der Waals surface area contributed by atoms with Gasteiger partial charge in [0.05, 0.1) is 33.9 Å². The maximum atomic E-state index is 13.7. The van der Waals surface area contributed by atoms with Gasteiger partial charge in [-0.05, 0) is 67.1 Å². The van der Waals surface area contributed by atoms with E-state index < -0.39 is 22.9 Å². The zero-order chi connectivity index (χ0) is 28.3. The van der Waals surface area contributed by atoms with Crippen molar-refractivity contribution >= 4 is 46.0 Å². The Morgan fingerprint density at radius 3 is 2.40 bits per heavy atom. The zero-order valence-corrected chi connectivity index (χ0v) is 22.7. The number of carbonyl (C=O) groups is 1. The number of halogens is 4. The molecule has 1 atom stereocenters. The topological polar surface area (TPSA) is 56.1 Å². The molecule has 0 aliphatic carbocycles. The molecule has 5 nitrogen and oxygen atoms in total. The molecule has 1 amide bonds. The number of thioether (sulfide) groups is 1. The van der Waals surface area contributed by atoms with E-state index in [1.54, 1.807) is 24.3 Å². The van der Waals surface area contributed by atoms with E-state index in [1.165, 1.54) is 11.8 Å². The number of rotatable bonds is 8. The molecule has 0 saturated carbocycles. The van der Waals surface area contributed by atoms with Crippen LogP contribution in [0, 0.1) is 0 Å². The lowest BCUT2D eigenvalue weighted by Gasteiger charge is -2.19. The number of imidazole rings is 1. The summed E-state index contributed by atoms with van der Waals surface area (Å²) in [5.41, 5.74) is 2.00. The van der Waals surface area contributed by atoms with Crippen molar-refractivity contribution in [3.8, 4) is 11.4 Å². The van der Waals surface area contributed by atoms with Crippen LogP contribution in [0.1, 0.15) is 23.3 Å². The first-order valence-electron chi connectivity index (χ1n) is 12.3. The van der Waals surface area contributed by atoms with Crippen LogP contribution in [0.25, 0.3) is 16.7 Å². The molecule has 1 aromatic heterocycles. The van der Waals surface area contributed by atoms with E-state index in [2.05, 4.69) is 5.32 Å². The minimum absolute atomic E-state index is 0.000196. The van der Waals surface area contributed by atoms with Crippen molar-refractivity contribution in [2.75, 3.05) is 11.9 Å². The van der Waals surface area contributed by atoms with E-state index in [0.717, 1.165) is 40.7 Å². The number of nitrogens with zero attached hydrogens (tertiary/aromatic N) is 2. The van der Waals surface area contributed by atoms with Gasteiger partial charge in [-0.2, -0.15) is 13.2 Å². The first-order chi connectivity index (χ1) is 19.2. The Kier molecular flexibility index (Phi) is 8.04. The van der Waals surface area contributed by atoms with Gasteiger partial charge in [-0.1, -0.05) is 65.8 Å². The van der Waals surface area contributed by atoms with Gasteiger partial charge in [0.1, 0.15) is 11.0 Å². The minimum Gasteiger partial charge on any atom is -0.494 e. The molecule has 204 valence electrons. The fraction of sp³-hybridized carbons (Fsp3) is 0.133. The van der Waals surface area contributed by atoms with Gasteiger partial charge in [-0.25, -0.2) is 4.98 Å². The number of hydrogen-bond acceptors (Lipinski definition) is 4. The van der Waals surface area contributed by atoms with Crippen molar-refractivity contribution in [1.29, 1.82) is 0 Å². The van der Waals surface area contributed by atoms with Crippen molar-refractivity contribution in [3.05, 3.63) is 113 Å². The van der Waals surface area contributed by atoms with E-state index in [-0.39, 0.29) is 10.7 Å². The summed E-state index contributed by atoms with van der Waals surface area (Å²) in [4.78, 5) is 18.5. The van der Waals surface area contributed by atoms with Gasteiger partial charge in [0.15, 0.2) is 5.16 Å². The Labute approximate surface area is 237 Å². The van der Waals surface area contributed by atoms with Gasteiger partial charge in [0, 0.05) is 5.69 Å². The highest BCUT2D eigenvalue weighted by molar-refractivity contribution is 8.00. The molecule has 0 radical (unpaired) electrons. The van der Waals surface area contributed by atoms with Crippen LogP contribution in [0.3, 0.4) is 0 Å². The van der Waals surface area contributed by atoms with E-state index in [4.69, 9.17) is 21.3 Å².